The van der Waals surface area contributed by atoms with Gasteiger partial charge in [0.15, 0.2) is 5.96 Å². The second-order valence-electron chi connectivity index (χ2n) is 5.15. The molecule has 0 unspecified atom stereocenters. The van der Waals surface area contributed by atoms with Crippen LogP contribution in [0.15, 0.2) is 33.7 Å². The van der Waals surface area contributed by atoms with Gasteiger partial charge in [0, 0.05) is 38.2 Å². The number of aliphatic imine (C=N–C) groups is 1. The number of hydrogen-bond acceptors (Lipinski definition) is 2. The average Bonchev–Trinajstić information content (AvgIpc) is 2.39. The molecule has 0 radical (unpaired) electrons. The molecular formula is C15H24BrIN4. The van der Waals surface area contributed by atoms with Gasteiger partial charge in [-0.15, -0.1) is 24.0 Å². The summed E-state index contributed by atoms with van der Waals surface area (Å²) in [4.78, 5) is 8.95. The minimum Gasteiger partial charge on any atom is -0.355 e. The first-order valence-corrected chi connectivity index (χ1v) is 7.87. The maximum Gasteiger partial charge on any atom is 0.193 e. The third kappa shape index (κ3) is 6.12. The molecule has 1 aliphatic rings. The van der Waals surface area contributed by atoms with E-state index in [4.69, 9.17) is 0 Å². The lowest BCUT2D eigenvalue weighted by molar-refractivity contribution is 0.184. The topological polar surface area (TPSA) is 30.9 Å². The summed E-state index contributed by atoms with van der Waals surface area (Å²) in [5.41, 5.74) is 1.28. The highest BCUT2D eigenvalue weighted by molar-refractivity contribution is 14.0. The van der Waals surface area contributed by atoms with Crippen molar-refractivity contribution in [1.29, 1.82) is 0 Å². The Morgan fingerprint density at radius 3 is 2.52 bits per heavy atom. The highest BCUT2D eigenvalue weighted by Crippen LogP contribution is 2.11. The van der Waals surface area contributed by atoms with Crippen LogP contribution in [0, 0.1) is 0 Å². The van der Waals surface area contributed by atoms with Crippen molar-refractivity contribution in [2.24, 2.45) is 4.99 Å². The van der Waals surface area contributed by atoms with Crippen molar-refractivity contribution in [3.63, 3.8) is 0 Å². The molecule has 1 fully saturated rings. The van der Waals surface area contributed by atoms with Gasteiger partial charge >= 0.3 is 0 Å². The lowest BCUT2D eigenvalue weighted by atomic mass is 10.2. The average molecular weight is 467 g/mol. The molecular weight excluding hydrogens is 443 g/mol. The van der Waals surface area contributed by atoms with Gasteiger partial charge in [-0.3, -0.25) is 4.99 Å². The molecule has 0 aliphatic carbocycles. The molecule has 2 rings (SSSR count). The van der Waals surface area contributed by atoms with Crippen molar-refractivity contribution in [2.75, 3.05) is 40.3 Å². The van der Waals surface area contributed by atoms with Gasteiger partial charge in [0.2, 0.25) is 0 Å². The van der Waals surface area contributed by atoms with Gasteiger partial charge in [-0.05, 0) is 37.2 Å². The number of rotatable bonds is 5. The number of guanidine groups is 1. The van der Waals surface area contributed by atoms with Crippen LogP contribution in [-0.2, 0) is 6.54 Å². The Hall–Kier alpha value is -0.340. The summed E-state index contributed by atoms with van der Waals surface area (Å²) in [7, 11) is 3.91. The van der Waals surface area contributed by atoms with E-state index in [1.54, 1.807) is 0 Å². The quantitative estimate of drug-likeness (QED) is 0.411. The van der Waals surface area contributed by atoms with Crippen LogP contribution >= 0.6 is 39.9 Å². The van der Waals surface area contributed by atoms with Crippen LogP contribution in [0.2, 0.25) is 0 Å². The maximum absolute atomic E-state index is 4.35. The van der Waals surface area contributed by atoms with E-state index in [-0.39, 0.29) is 24.0 Å². The molecule has 0 spiro atoms. The molecule has 0 atom stereocenters. The van der Waals surface area contributed by atoms with E-state index >= 15 is 0 Å². The summed E-state index contributed by atoms with van der Waals surface area (Å²) in [6, 6.07) is 8.41. The van der Waals surface area contributed by atoms with Crippen molar-refractivity contribution in [3.05, 3.63) is 34.3 Å². The summed E-state index contributed by atoms with van der Waals surface area (Å²) in [6.45, 7) is 5.41. The predicted octanol–water partition coefficient (Wildman–Crippen LogP) is 2.78. The van der Waals surface area contributed by atoms with Crippen LogP contribution in [0.3, 0.4) is 0 Å². The Balaban J connectivity index is 0.00000220. The Morgan fingerprint density at radius 2 is 2.00 bits per heavy atom. The fourth-order valence-electron chi connectivity index (χ4n) is 2.25. The molecule has 1 saturated heterocycles. The zero-order valence-corrected chi connectivity index (χ0v) is 16.6. The fourth-order valence-corrected chi connectivity index (χ4v) is 2.52. The van der Waals surface area contributed by atoms with E-state index in [0.717, 1.165) is 30.1 Å². The largest absolute Gasteiger partial charge is 0.355 e. The van der Waals surface area contributed by atoms with E-state index in [0.29, 0.717) is 0 Å². The number of benzene rings is 1. The highest BCUT2D eigenvalue weighted by Gasteiger charge is 2.13. The maximum atomic E-state index is 4.35. The van der Waals surface area contributed by atoms with Gasteiger partial charge < -0.3 is 15.1 Å². The van der Waals surface area contributed by atoms with E-state index < -0.39 is 0 Å². The van der Waals surface area contributed by atoms with Crippen LogP contribution in [0.4, 0.5) is 0 Å². The van der Waals surface area contributed by atoms with Gasteiger partial charge in [-0.1, -0.05) is 28.1 Å². The van der Waals surface area contributed by atoms with Gasteiger partial charge in [-0.25, -0.2) is 0 Å². The molecule has 0 amide bonds. The number of halogens is 2. The normalized spacial score (nSPS) is 15.1. The van der Waals surface area contributed by atoms with Crippen molar-refractivity contribution in [2.45, 2.75) is 13.0 Å². The van der Waals surface area contributed by atoms with Gasteiger partial charge in [0.25, 0.3) is 0 Å². The SMILES string of the molecule is CN=C(NCCN1CCC1)N(C)Cc1ccc(Br)cc1.I. The van der Waals surface area contributed by atoms with Gasteiger partial charge in [0.1, 0.15) is 0 Å². The Labute approximate surface area is 153 Å². The molecule has 0 bridgehead atoms. The van der Waals surface area contributed by atoms with Crippen LogP contribution in [0.25, 0.3) is 0 Å². The number of hydrogen-bond donors (Lipinski definition) is 1. The van der Waals surface area contributed by atoms with Gasteiger partial charge in [0.05, 0.1) is 0 Å². The van der Waals surface area contributed by atoms with Gasteiger partial charge in [-0.2, -0.15) is 0 Å². The second-order valence-corrected chi connectivity index (χ2v) is 6.07. The molecule has 0 aromatic heterocycles. The molecule has 21 heavy (non-hydrogen) atoms. The summed E-state index contributed by atoms with van der Waals surface area (Å²) < 4.78 is 1.11. The Morgan fingerprint density at radius 1 is 1.33 bits per heavy atom. The van der Waals surface area contributed by atoms with Crippen molar-refractivity contribution < 1.29 is 0 Å². The van der Waals surface area contributed by atoms with E-state index in [1.165, 1.54) is 25.1 Å². The monoisotopic (exact) mass is 466 g/mol. The number of nitrogens with zero attached hydrogens (tertiary/aromatic N) is 3. The zero-order valence-electron chi connectivity index (χ0n) is 12.7. The summed E-state index contributed by atoms with van der Waals surface area (Å²) in [5, 5.41) is 3.42. The molecule has 1 aromatic carbocycles. The lowest BCUT2D eigenvalue weighted by Gasteiger charge is -2.31. The van der Waals surface area contributed by atoms with E-state index in [2.05, 4.69) is 67.4 Å². The van der Waals surface area contributed by atoms with Crippen molar-refractivity contribution in [1.82, 2.24) is 15.1 Å². The first-order chi connectivity index (χ1) is 9.69. The smallest absolute Gasteiger partial charge is 0.193 e. The van der Waals surface area contributed by atoms with Crippen molar-refractivity contribution >= 4 is 45.9 Å². The molecule has 1 N–H and O–H groups in total. The standard InChI is InChI=1S/C15H23BrN4.HI/c1-17-15(18-8-11-20-9-3-10-20)19(2)12-13-4-6-14(16)7-5-13;/h4-7H,3,8-12H2,1-2H3,(H,17,18);1H. The fraction of sp³-hybridized carbons (Fsp3) is 0.533. The highest BCUT2D eigenvalue weighted by atomic mass is 127. The third-order valence-corrected chi connectivity index (χ3v) is 4.09. The summed E-state index contributed by atoms with van der Waals surface area (Å²) in [6.07, 6.45) is 1.35. The van der Waals surface area contributed by atoms with Crippen LogP contribution in [0.5, 0.6) is 0 Å². The first-order valence-electron chi connectivity index (χ1n) is 7.07. The second kappa shape index (κ2) is 9.63. The molecule has 4 nitrogen and oxygen atoms in total. The van der Waals surface area contributed by atoms with Crippen LogP contribution in [-0.4, -0.2) is 56.0 Å². The van der Waals surface area contributed by atoms with Crippen LogP contribution in [0.1, 0.15) is 12.0 Å². The lowest BCUT2D eigenvalue weighted by Crippen LogP contribution is -2.45. The molecule has 6 heteroatoms. The predicted molar refractivity (Wildman–Crippen MR) is 103 cm³/mol. The summed E-state index contributed by atoms with van der Waals surface area (Å²) in [5.74, 6) is 0.952. The van der Waals surface area contributed by atoms with E-state index in [9.17, 15) is 0 Å². The van der Waals surface area contributed by atoms with Crippen LogP contribution < -0.4 is 5.32 Å². The first kappa shape index (κ1) is 18.7. The van der Waals surface area contributed by atoms with E-state index in [1.807, 2.05) is 7.05 Å². The Bertz CT molecular complexity index is 445. The Kier molecular flexibility index (Phi) is 8.58. The minimum absolute atomic E-state index is 0. The molecule has 1 aromatic rings. The summed E-state index contributed by atoms with van der Waals surface area (Å²) >= 11 is 3.46. The van der Waals surface area contributed by atoms with Crippen molar-refractivity contribution in [3.8, 4) is 0 Å². The molecule has 118 valence electrons. The number of likely N-dealkylation sites (tertiary alicyclic amines) is 1. The molecule has 1 aliphatic heterocycles. The molecule has 1 heterocycles. The molecule has 0 saturated carbocycles. The minimum atomic E-state index is 0. The number of nitrogens with one attached hydrogen (secondary N) is 1. The third-order valence-electron chi connectivity index (χ3n) is 3.57. The zero-order chi connectivity index (χ0) is 14.4.